The number of thiocarbonyl (C=S) groups is 1. The van der Waals surface area contributed by atoms with E-state index in [0.717, 1.165) is 18.2 Å². The van der Waals surface area contributed by atoms with E-state index >= 15 is 0 Å². The zero-order valence-electron chi connectivity index (χ0n) is 11.0. The maximum atomic E-state index is 13.5. The molecule has 1 rings (SSSR count). The van der Waals surface area contributed by atoms with E-state index in [4.69, 9.17) is 12.2 Å². The number of benzene rings is 1. The van der Waals surface area contributed by atoms with Crippen LogP contribution < -0.4 is 10.6 Å². The molecule has 0 aliphatic rings. The average molecular weight is 299 g/mol. The van der Waals surface area contributed by atoms with Crippen molar-refractivity contribution >= 4 is 34.6 Å². The van der Waals surface area contributed by atoms with Gasteiger partial charge in [0.25, 0.3) is 5.69 Å². The number of nitrogens with one attached hydrogen (secondary N) is 2. The van der Waals surface area contributed by atoms with Gasteiger partial charge in [0.15, 0.2) is 5.11 Å². The van der Waals surface area contributed by atoms with E-state index in [1.54, 1.807) is 0 Å². The van der Waals surface area contributed by atoms with Crippen molar-refractivity contribution in [3.63, 3.8) is 0 Å². The summed E-state index contributed by atoms with van der Waals surface area (Å²) in [6.07, 6.45) is 0.277. The molecule has 0 bridgehead atoms. The van der Waals surface area contributed by atoms with Gasteiger partial charge in [0.2, 0.25) is 5.91 Å². The summed E-state index contributed by atoms with van der Waals surface area (Å²) in [4.78, 5) is 21.4. The number of nitro groups is 1. The number of non-ortho nitro benzene ring substituents is 1. The normalized spacial score (nSPS) is 10.2. The number of carbonyl (C=O) groups excluding carboxylic acids is 1. The molecule has 1 aromatic rings. The van der Waals surface area contributed by atoms with Crippen LogP contribution in [0, 0.1) is 21.8 Å². The molecule has 0 saturated heterocycles. The molecule has 0 saturated carbocycles. The summed E-state index contributed by atoms with van der Waals surface area (Å²) in [5.74, 6) is -0.841. The molecule has 0 aliphatic heterocycles. The molecule has 0 radical (unpaired) electrons. The lowest BCUT2D eigenvalue weighted by molar-refractivity contribution is -0.384. The molecular formula is C12H14FN3O3S. The molecule has 0 heterocycles. The lowest BCUT2D eigenvalue weighted by Gasteiger charge is -2.11. The molecule has 20 heavy (non-hydrogen) atoms. The quantitative estimate of drug-likeness (QED) is 0.507. The molecule has 8 heteroatoms. The Bertz CT molecular complexity index is 549. The molecule has 0 fully saturated rings. The molecule has 0 spiro atoms. The number of nitrogens with zero attached hydrogens (tertiary/aromatic N) is 1. The van der Waals surface area contributed by atoms with E-state index in [-0.39, 0.29) is 34.7 Å². The monoisotopic (exact) mass is 299 g/mol. The molecular weight excluding hydrogens is 285 g/mol. The van der Waals surface area contributed by atoms with Gasteiger partial charge in [0, 0.05) is 18.6 Å². The predicted octanol–water partition coefficient (Wildman–Crippen LogP) is 2.59. The molecule has 1 aromatic carbocycles. The van der Waals surface area contributed by atoms with Crippen molar-refractivity contribution in [2.45, 2.75) is 20.3 Å². The summed E-state index contributed by atoms with van der Waals surface area (Å²) in [6, 6.07) is 3.01. The van der Waals surface area contributed by atoms with Gasteiger partial charge in [-0.3, -0.25) is 14.9 Å². The highest BCUT2D eigenvalue weighted by Crippen LogP contribution is 2.21. The number of hydrogen-bond donors (Lipinski definition) is 2. The number of anilines is 1. The summed E-state index contributed by atoms with van der Waals surface area (Å²) in [7, 11) is 0. The minimum atomic E-state index is -0.698. The second-order valence-electron chi connectivity index (χ2n) is 4.52. The first-order valence-electron chi connectivity index (χ1n) is 5.84. The second kappa shape index (κ2) is 6.90. The van der Waals surface area contributed by atoms with Crippen molar-refractivity contribution in [1.82, 2.24) is 5.32 Å². The van der Waals surface area contributed by atoms with E-state index in [2.05, 4.69) is 10.6 Å². The fourth-order valence-corrected chi connectivity index (χ4v) is 1.65. The smallest absolute Gasteiger partial charge is 0.271 e. The zero-order chi connectivity index (χ0) is 15.3. The fourth-order valence-electron chi connectivity index (χ4n) is 1.42. The van der Waals surface area contributed by atoms with Crippen molar-refractivity contribution in [2.75, 3.05) is 5.32 Å². The highest BCUT2D eigenvalue weighted by molar-refractivity contribution is 7.80. The second-order valence-corrected chi connectivity index (χ2v) is 4.93. The first-order valence-corrected chi connectivity index (χ1v) is 6.25. The van der Waals surface area contributed by atoms with E-state index in [1.165, 1.54) is 0 Å². The standard InChI is InChI=1S/C12H14FN3O3S/c1-7(2)5-11(17)15-12(20)14-10-6-8(16(18)19)3-4-9(10)13/h3-4,6-7H,5H2,1-2H3,(H2,14,15,17,20). The van der Waals surface area contributed by atoms with Gasteiger partial charge in [-0.15, -0.1) is 0 Å². The van der Waals surface area contributed by atoms with E-state index in [9.17, 15) is 19.3 Å². The van der Waals surface area contributed by atoms with E-state index in [1.807, 2.05) is 13.8 Å². The van der Waals surface area contributed by atoms with Crippen LogP contribution in [0.15, 0.2) is 18.2 Å². The van der Waals surface area contributed by atoms with Crippen LogP contribution in [0.25, 0.3) is 0 Å². The minimum absolute atomic E-state index is 0.102. The van der Waals surface area contributed by atoms with E-state index in [0.29, 0.717) is 0 Å². The molecule has 0 unspecified atom stereocenters. The van der Waals surface area contributed by atoms with Gasteiger partial charge in [-0.25, -0.2) is 4.39 Å². The molecule has 0 atom stereocenters. The lowest BCUT2D eigenvalue weighted by atomic mass is 10.1. The Morgan fingerprint density at radius 3 is 2.70 bits per heavy atom. The minimum Gasteiger partial charge on any atom is -0.330 e. The Labute approximate surface area is 120 Å². The summed E-state index contributed by atoms with van der Waals surface area (Å²) < 4.78 is 13.5. The summed E-state index contributed by atoms with van der Waals surface area (Å²) in [5, 5.41) is 15.3. The number of carbonyl (C=O) groups is 1. The van der Waals surface area contributed by atoms with Gasteiger partial charge < -0.3 is 10.6 Å². The summed E-state index contributed by atoms with van der Waals surface area (Å²) in [5.41, 5.74) is -0.431. The third-order valence-electron chi connectivity index (χ3n) is 2.26. The number of nitro benzene ring substituents is 1. The summed E-state index contributed by atoms with van der Waals surface area (Å²) in [6.45, 7) is 3.74. The lowest BCUT2D eigenvalue weighted by Crippen LogP contribution is -2.34. The van der Waals surface area contributed by atoms with Crippen LogP contribution in [-0.4, -0.2) is 15.9 Å². The third kappa shape index (κ3) is 4.88. The van der Waals surface area contributed by atoms with Crippen molar-refractivity contribution in [3.8, 4) is 0 Å². The van der Waals surface area contributed by atoms with Gasteiger partial charge in [0.1, 0.15) is 5.82 Å². The van der Waals surface area contributed by atoms with Gasteiger partial charge in [-0.05, 0) is 24.2 Å². The van der Waals surface area contributed by atoms with E-state index < -0.39 is 10.7 Å². The number of rotatable bonds is 4. The van der Waals surface area contributed by atoms with Crippen LogP contribution >= 0.6 is 12.2 Å². The maximum Gasteiger partial charge on any atom is 0.271 e. The fraction of sp³-hybridized carbons (Fsp3) is 0.333. The third-order valence-corrected chi connectivity index (χ3v) is 2.46. The highest BCUT2D eigenvalue weighted by Gasteiger charge is 2.13. The SMILES string of the molecule is CC(C)CC(=O)NC(=S)Nc1cc([N+](=O)[O-])ccc1F. The Morgan fingerprint density at radius 2 is 2.15 bits per heavy atom. The number of hydrogen-bond acceptors (Lipinski definition) is 4. The molecule has 108 valence electrons. The highest BCUT2D eigenvalue weighted by atomic mass is 32.1. The van der Waals surface area contributed by atoms with Crippen molar-refractivity contribution in [1.29, 1.82) is 0 Å². The first-order chi connectivity index (χ1) is 9.29. The van der Waals surface area contributed by atoms with Crippen LogP contribution in [0.5, 0.6) is 0 Å². The first kappa shape index (κ1) is 16.0. The predicted molar refractivity (Wildman–Crippen MR) is 76.9 cm³/mol. The Hall–Kier alpha value is -2.09. The van der Waals surface area contributed by atoms with Crippen LogP contribution in [0.3, 0.4) is 0 Å². The summed E-state index contributed by atoms with van der Waals surface area (Å²) >= 11 is 4.85. The zero-order valence-corrected chi connectivity index (χ0v) is 11.8. The van der Waals surface area contributed by atoms with Gasteiger partial charge in [0.05, 0.1) is 10.6 Å². The number of halogens is 1. The maximum absolute atomic E-state index is 13.5. The Morgan fingerprint density at radius 1 is 1.50 bits per heavy atom. The molecule has 1 amide bonds. The topological polar surface area (TPSA) is 84.3 Å². The van der Waals surface area contributed by atoms with Crippen LogP contribution in [0.4, 0.5) is 15.8 Å². The number of amides is 1. The molecule has 0 aromatic heterocycles. The van der Waals surface area contributed by atoms with Crippen molar-refractivity contribution < 1.29 is 14.1 Å². The van der Waals surface area contributed by atoms with Crippen LogP contribution in [0.2, 0.25) is 0 Å². The average Bonchev–Trinajstić information content (AvgIpc) is 2.30. The van der Waals surface area contributed by atoms with Gasteiger partial charge in [-0.1, -0.05) is 13.8 Å². The Kier molecular flexibility index (Phi) is 5.51. The molecule has 2 N–H and O–H groups in total. The van der Waals surface area contributed by atoms with Crippen LogP contribution in [-0.2, 0) is 4.79 Å². The van der Waals surface area contributed by atoms with Crippen molar-refractivity contribution in [2.24, 2.45) is 5.92 Å². The molecule has 6 nitrogen and oxygen atoms in total. The van der Waals surface area contributed by atoms with Gasteiger partial charge >= 0.3 is 0 Å². The van der Waals surface area contributed by atoms with Crippen molar-refractivity contribution in [3.05, 3.63) is 34.1 Å². The van der Waals surface area contributed by atoms with Gasteiger partial charge in [-0.2, -0.15) is 0 Å². The largest absolute Gasteiger partial charge is 0.330 e. The Balaban J connectivity index is 2.73. The van der Waals surface area contributed by atoms with Crippen LogP contribution in [0.1, 0.15) is 20.3 Å². The molecule has 0 aliphatic carbocycles.